The second-order valence-corrected chi connectivity index (χ2v) is 3.22. The minimum Gasteiger partial charge on any atom is -0.508 e. The van der Waals surface area contributed by atoms with Crippen LogP contribution < -0.4 is 0 Å². The van der Waals surface area contributed by atoms with Gasteiger partial charge >= 0.3 is 5.97 Å². The van der Waals surface area contributed by atoms with E-state index in [1.165, 1.54) is 25.1 Å². The van der Waals surface area contributed by atoms with Gasteiger partial charge in [0.2, 0.25) is 0 Å². The molecule has 0 amide bonds. The number of aliphatic carboxylic acids is 1. The fourth-order valence-corrected chi connectivity index (χ4v) is 1.27. The van der Waals surface area contributed by atoms with E-state index in [0.29, 0.717) is 5.56 Å². The molecule has 82 valence electrons. The molecule has 0 fully saturated rings. The predicted octanol–water partition coefficient (Wildman–Crippen LogP) is 0.180. The van der Waals surface area contributed by atoms with Gasteiger partial charge in [-0.2, -0.15) is 0 Å². The number of aromatic hydroxyl groups is 1. The highest BCUT2D eigenvalue weighted by Crippen LogP contribution is 2.26. The molecular formula is C10H12O5. The number of aliphatic hydroxyl groups excluding tert-OH is 2. The molecule has 0 saturated heterocycles. The minimum absolute atomic E-state index is 0.0517. The van der Waals surface area contributed by atoms with Crippen molar-refractivity contribution in [2.24, 2.45) is 0 Å². The Balaban J connectivity index is 3.06. The van der Waals surface area contributed by atoms with Crippen LogP contribution in [0.25, 0.3) is 0 Å². The number of benzene rings is 1. The second kappa shape index (κ2) is 4.29. The van der Waals surface area contributed by atoms with Crippen molar-refractivity contribution in [3.8, 4) is 5.75 Å². The maximum Gasteiger partial charge on any atom is 0.335 e. The fraction of sp³-hybridized carbons (Fsp3) is 0.300. The van der Waals surface area contributed by atoms with E-state index in [9.17, 15) is 15.0 Å². The number of carboxylic acid groups (broad SMARTS) is 1. The SMILES string of the molecule is Cc1c(O)cccc1C(O)C(O)C(=O)O. The lowest BCUT2D eigenvalue weighted by molar-refractivity contribution is -0.153. The fourth-order valence-electron chi connectivity index (χ4n) is 1.27. The van der Waals surface area contributed by atoms with Crippen LogP contribution in [0.3, 0.4) is 0 Å². The van der Waals surface area contributed by atoms with Gasteiger partial charge in [-0.05, 0) is 24.1 Å². The summed E-state index contributed by atoms with van der Waals surface area (Å²) in [7, 11) is 0. The Bertz CT molecular complexity index is 374. The van der Waals surface area contributed by atoms with Gasteiger partial charge < -0.3 is 20.4 Å². The summed E-state index contributed by atoms with van der Waals surface area (Å²) in [5.41, 5.74) is 0.551. The van der Waals surface area contributed by atoms with Gasteiger partial charge in [0.05, 0.1) is 0 Å². The van der Waals surface area contributed by atoms with Crippen molar-refractivity contribution in [1.82, 2.24) is 0 Å². The summed E-state index contributed by atoms with van der Waals surface area (Å²) in [4.78, 5) is 10.4. The molecule has 0 aromatic heterocycles. The Morgan fingerprint density at radius 2 is 1.93 bits per heavy atom. The average Bonchev–Trinajstić information content (AvgIpc) is 2.20. The molecule has 15 heavy (non-hydrogen) atoms. The third-order valence-electron chi connectivity index (χ3n) is 2.22. The van der Waals surface area contributed by atoms with E-state index in [1.807, 2.05) is 0 Å². The molecular weight excluding hydrogens is 200 g/mol. The molecule has 0 radical (unpaired) electrons. The van der Waals surface area contributed by atoms with E-state index in [4.69, 9.17) is 10.2 Å². The molecule has 5 nitrogen and oxygen atoms in total. The molecule has 0 aliphatic heterocycles. The van der Waals surface area contributed by atoms with Crippen molar-refractivity contribution in [3.63, 3.8) is 0 Å². The predicted molar refractivity (Wildman–Crippen MR) is 51.4 cm³/mol. The molecule has 0 bridgehead atoms. The lowest BCUT2D eigenvalue weighted by Gasteiger charge is -2.16. The van der Waals surface area contributed by atoms with Crippen LogP contribution in [-0.2, 0) is 4.79 Å². The Labute approximate surface area is 86.2 Å². The molecule has 1 rings (SSSR count). The van der Waals surface area contributed by atoms with Crippen LogP contribution in [0.4, 0.5) is 0 Å². The molecule has 2 unspecified atom stereocenters. The van der Waals surface area contributed by atoms with Crippen LogP contribution in [-0.4, -0.2) is 32.5 Å². The topological polar surface area (TPSA) is 98.0 Å². The van der Waals surface area contributed by atoms with Crippen molar-refractivity contribution in [3.05, 3.63) is 29.3 Å². The monoisotopic (exact) mass is 212 g/mol. The van der Waals surface area contributed by atoms with E-state index in [1.54, 1.807) is 0 Å². The van der Waals surface area contributed by atoms with Crippen LogP contribution in [0.5, 0.6) is 5.75 Å². The average molecular weight is 212 g/mol. The first-order chi connectivity index (χ1) is 6.95. The second-order valence-electron chi connectivity index (χ2n) is 3.22. The first-order valence-corrected chi connectivity index (χ1v) is 4.32. The number of phenols is 1. The molecule has 0 saturated carbocycles. The van der Waals surface area contributed by atoms with Crippen molar-refractivity contribution in [1.29, 1.82) is 0 Å². The molecule has 0 heterocycles. The van der Waals surface area contributed by atoms with Crippen molar-refractivity contribution >= 4 is 5.97 Å². The molecule has 4 N–H and O–H groups in total. The molecule has 0 aliphatic carbocycles. The summed E-state index contributed by atoms with van der Waals surface area (Å²) in [6.07, 6.45) is -3.44. The quantitative estimate of drug-likeness (QED) is 0.573. The number of hydrogen-bond acceptors (Lipinski definition) is 4. The zero-order chi connectivity index (χ0) is 11.6. The third-order valence-corrected chi connectivity index (χ3v) is 2.22. The van der Waals surface area contributed by atoms with Gasteiger partial charge in [-0.3, -0.25) is 0 Å². The van der Waals surface area contributed by atoms with Crippen LogP contribution in [0, 0.1) is 6.92 Å². The minimum atomic E-state index is -1.90. The molecule has 2 atom stereocenters. The highest BCUT2D eigenvalue weighted by atomic mass is 16.4. The lowest BCUT2D eigenvalue weighted by atomic mass is 9.99. The zero-order valence-corrected chi connectivity index (χ0v) is 8.08. The Kier molecular flexibility index (Phi) is 3.28. The Morgan fingerprint density at radius 1 is 1.33 bits per heavy atom. The number of aliphatic hydroxyl groups is 2. The van der Waals surface area contributed by atoms with Crippen molar-refractivity contribution < 1.29 is 25.2 Å². The zero-order valence-electron chi connectivity index (χ0n) is 8.08. The van der Waals surface area contributed by atoms with E-state index in [0.717, 1.165) is 0 Å². The molecule has 1 aromatic carbocycles. The standard InChI is InChI=1S/C10H12O5/c1-5-6(3-2-4-7(5)11)8(12)9(13)10(14)15/h2-4,8-9,11-13H,1H3,(H,14,15). The third kappa shape index (κ3) is 2.26. The Hall–Kier alpha value is -1.59. The number of carbonyl (C=O) groups is 1. The molecule has 0 spiro atoms. The van der Waals surface area contributed by atoms with Gasteiger partial charge in [0.1, 0.15) is 11.9 Å². The van der Waals surface area contributed by atoms with E-state index < -0.39 is 18.2 Å². The highest BCUT2D eigenvalue weighted by Gasteiger charge is 2.26. The van der Waals surface area contributed by atoms with E-state index in [2.05, 4.69) is 0 Å². The van der Waals surface area contributed by atoms with Gasteiger partial charge in [0, 0.05) is 0 Å². The summed E-state index contributed by atoms with van der Waals surface area (Å²) in [5, 5.41) is 36.5. The summed E-state index contributed by atoms with van der Waals surface area (Å²) in [6, 6.07) is 4.33. The normalized spacial score (nSPS) is 14.6. The molecule has 5 heteroatoms. The largest absolute Gasteiger partial charge is 0.508 e. The van der Waals surface area contributed by atoms with Gasteiger partial charge in [-0.25, -0.2) is 4.79 Å². The number of rotatable bonds is 3. The number of phenolic OH excluding ortho intramolecular Hbond substituents is 1. The lowest BCUT2D eigenvalue weighted by Crippen LogP contribution is -2.27. The molecule has 1 aromatic rings. The van der Waals surface area contributed by atoms with Crippen LogP contribution in [0.15, 0.2) is 18.2 Å². The highest BCUT2D eigenvalue weighted by molar-refractivity contribution is 5.73. The van der Waals surface area contributed by atoms with E-state index >= 15 is 0 Å². The Morgan fingerprint density at radius 3 is 2.47 bits per heavy atom. The summed E-state index contributed by atoms with van der Waals surface area (Å²) in [5.74, 6) is -1.56. The summed E-state index contributed by atoms with van der Waals surface area (Å²) < 4.78 is 0. The number of hydrogen-bond donors (Lipinski definition) is 4. The van der Waals surface area contributed by atoms with Gasteiger partial charge in [0.15, 0.2) is 6.10 Å². The first-order valence-electron chi connectivity index (χ1n) is 4.32. The van der Waals surface area contributed by atoms with Gasteiger partial charge in [-0.1, -0.05) is 12.1 Å². The van der Waals surface area contributed by atoms with Gasteiger partial charge in [-0.15, -0.1) is 0 Å². The smallest absolute Gasteiger partial charge is 0.335 e. The first kappa shape index (κ1) is 11.5. The van der Waals surface area contributed by atoms with Crippen molar-refractivity contribution in [2.75, 3.05) is 0 Å². The number of carboxylic acids is 1. The van der Waals surface area contributed by atoms with Crippen molar-refractivity contribution in [2.45, 2.75) is 19.1 Å². The van der Waals surface area contributed by atoms with Crippen LogP contribution in [0.1, 0.15) is 17.2 Å². The van der Waals surface area contributed by atoms with Crippen LogP contribution in [0.2, 0.25) is 0 Å². The van der Waals surface area contributed by atoms with Gasteiger partial charge in [0.25, 0.3) is 0 Å². The van der Waals surface area contributed by atoms with E-state index in [-0.39, 0.29) is 11.3 Å². The summed E-state index contributed by atoms with van der Waals surface area (Å²) >= 11 is 0. The molecule has 0 aliphatic rings. The van der Waals surface area contributed by atoms with Crippen LogP contribution >= 0.6 is 0 Å². The summed E-state index contributed by atoms with van der Waals surface area (Å²) in [6.45, 7) is 1.53. The maximum atomic E-state index is 10.4. The maximum absolute atomic E-state index is 10.4.